The van der Waals surface area contributed by atoms with Gasteiger partial charge in [0.1, 0.15) is 5.82 Å². The van der Waals surface area contributed by atoms with Crippen molar-refractivity contribution in [3.8, 4) is 0 Å². The number of hydrogen-bond donors (Lipinski definition) is 1. The quantitative estimate of drug-likeness (QED) is 0.724. The Labute approximate surface area is 203 Å². The van der Waals surface area contributed by atoms with Crippen molar-refractivity contribution in [1.29, 1.82) is 0 Å². The largest absolute Gasteiger partial charge is 0.356 e. The van der Waals surface area contributed by atoms with E-state index in [9.17, 15) is 4.79 Å². The van der Waals surface area contributed by atoms with E-state index >= 15 is 0 Å². The number of nitrogens with zero attached hydrogens (tertiary/aromatic N) is 5. The first-order chi connectivity index (χ1) is 16.8. The monoisotopic (exact) mass is 462 g/mol. The van der Waals surface area contributed by atoms with Crippen LogP contribution in [0.1, 0.15) is 61.7 Å². The summed E-state index contributed by atoms with van der Waals surface area (Å²) in [7, 11) is 0. The molecule has 0 aliphatic carbocycles. The van der Waals surface area contributed by atoms with Gasteiger partial charge in [0.25, 0.3) is 5.91 Å². The number of carbonyl (C=O) groups is 1. The molecule has 3 aliphatic heterocycles. The third-order valence-electron chi connectivity index (χ3n) is 7.65. The molecule has 1 aromatic heterocycles. The first kappa shape index (κ1) is 23.1. The van der Waals surface area contributed by atoms with Gasteiger partial charge in [0.15, 0.2) is 0 Å². The number of nitrogens with one attached hydrogen (secondary N) is 1. The fraction of sp³-hybridized carbons (Fsp3) is 0.593. The van der Waals surface area contributed by atoms with Crippen LogP contribution in [-0.4, -0.2) is 77.0 Å². The molecule has 0 radical (unpaired) electrons. The highest BCUT2D eigenvalue weighted by Crippen LogP contribution is 2.24. The normalized spacial score (nSPS) is 22.9. The lowest BCUT2D eigenvalue weighted by Gasteiger charge is -2.42. The van der Waals surface area contributed by atoms with Gasteiger partial charge in [-0.3, -0.25) is 9.69 Å². The molecule has 7 nitrogen and oxygen atoms in total. The van der Waals surface area contributed by atoms with Crippen molar-refractivity contribution in [3.63, 3.8) is 0 Å². The highest BCUT2D eigenvalue weighted by Gasteiger charge is 2.30. The zero-order valence-corrected chi connectivity index (χ0v) is 20.2. The first-order valence-electron chi connectivity index (χ1n) is 13.2. The molecule has 1 atom stereocenters. The van der Waals surface area contributed by atoms with Gasteiger partial charge >= 0.3 is 0 Å². The fourth-order valence-corrected chi connectivity index (χ4v) is 5.73. The maximum atomic E-state index is 12.8. The maximum Gasteiger partial charge on any atom is 0.253 e. The van der Waals surface area contributed by atoms with Crippen LogP contribution < -0.4 is 10.2 Å². The minimum atomic E-state index is 0.165. The Morgan fingerprint density at radius 3 is 2.38 bits per heavy atom. The summed E-state index contributed by atoms with van der Waals surface area (Å²) in [6, 6.07) is 12.6. The van der Waals surface area contributed by atoms with E-state index in [0.29, 0.717) is 12.1 Å². The van der Waals surface area contributed by atoms with Crippen LogP contribution >= 0.6 is 0 Å². The Bertz CT molecular complexity index is 922. The Morgan fingerprint density at radius 2 is 1.62 bits per heavy atom. The third-order valence-corrected chi connectivity index (χ3v) is 7.65. The second-order valence-corrected chi connectivity index (χ2v) is 10.0. The standard InChI is InChI=1S/C27H38N6O/c34-26(22-9-4-3-5-10-22)32-19-13-24(14-20-32)33-18-8-11-23(21-33)29-27-28-15-12-25(30-27)31-16-6-1-2-7-17-31/h3-5,9-10,12,15,23-24H,1-2,6-8,11,13-14,16-21H2,(H,28,29,30). The molecule has 182 valence electrons. The molecule has 3 saturated heterocycles. The zero-order chi connectivity index (χ0) is 23.2. The lowest BCUT2D eigenvalue weighted by atomic mass is 9.97. The van der Waals surface area contributed by atoms with Gasteiger partial charge in [0.05, 0.1) is 0 Å². The molecule has 0 spiro atoms. The molecule has 1 amide bonds. The van der Waals surface area contributed by atoms with Crippen LogP contribution in [0, 0.1) is 0 Å². The van der Waals surface area contributed by atoms with E-state index in [2.05, 4.69) is 20.1 Å². The van der Waals surface area contributed by atoms with Crippen LogP contribution in [0.5, 0.6) is 0 Å². The molecule has 1 unspecified atom stereocenters. The van der Waals surface area contributed by atoms with Gasteiger partial charge in [-0.2, -0.15) is 4.98 Å². The van der Waals surface area contributed by atoms with Crippen molar-refractivity contribution in [3.05, 3.63) is 48.2 Å². The molecule has 5 rings (SSSR count). The molecule has 2 aromatic rings. The Morgan fingerprint density at radius 1 is 0.853 bits per heavy atom. The Balaban J connectivity index is 1.14. The second-order valence-electron chi connectivity index (χ2n) is 10.0. The molecular formula is C27H38N6O. The number of likely N-dealkylation sites (tertiary alicyclic amines) is 2. The van der Waals surface area contributed by atoms with E-state index in [1.54, 1.807) is 0 Å². The number of benzene rings is 1. The Hall–Kier alpha value is -2.67. The average molecular weight is 463 g/mol. The van der Waals surface area contributed by atoms with Crippen LogP contribution in [0.3, 0.4) is 0 Å². The second kappa shape index (κ2) is 11.2. The SMILES string of the molecule is O=C(c1ccccc1)N1CCC(N2CCCC(Nc3nccc(N4CCCCCC4)n3)C2)CC1. The summed E-state index contributed by atoms with van der Waals surface area (Å²) in [5.74, 6) is 1.98. The minimum Gasteiger partial charge on any atom is -0.356 e. The molecule has 7 heteroatoms. The topological polar surface area (TPSA) is 64.6 Å². The third kappa shape index (κ3) is 5.69. The van der Waals surface area contributed by atoms with Crippen molar-refractivity contribution in [2.45, 2.75) is 63.5 Å². The predicted molar refractivity (Wildman–Crippen MR) is 136 cm³/mol. The fourth-order valence-electron chi connectivity index (χ4n) is 5.73. The first-order valence-corrected chi connectivity index (χ1v) is 13.2. The van der Waals surface area contributed by atoms with Crippen molar-refractivity contribution >= 4 is 17.7 Å². The summed E-state index contributed by atoms with van der Waals surface area (Å²) >= 11 is 0. The van der Waals surface area contributed by atoms with E-state index in [-0.39, 0.29) is 5.91 Å². The van der Waals surface area contributed by atoms with Crippen LogP contribution in [-0.2, 0) is 0 Å². The Kier molecular flexibility index (Phi) is 7.59. The van der Waals surface area contributed by atoms with Gasteiger partial charge in [-0.25, -0.2) is 4.98 Å². The summed E-state index contributed by atoms with van der Waals surface area (Å²) in [4.78, 5) is 29.3. The summed E-state index contributed by atoms with van der Waals surface area (Å²) in [6.45, 7) is 6.04. The summed E-state index contributed by atoms with van der Waals surface area (Å²) < 4.78 is 0. The predicted octanol–water partition coefficient (Wildman–Crippen LogP) is 4.04. The van der Waals surface area contributed by atoms with Gasteiger partial charge in [-0.1, -0.05) is 31.0 Å². The lowest BCUT2D eigenvalue weighted by molar-refractivity contribution is 0.0580. The number of hydrogen-bond acceptors (Lipinski definition) is 6. The van der Waals surface area contributed by atoms with E-state index < -0.39 is 0 Å². The highest BCUT2D eigenvalue weighted by molar-refractivity contribution is 5.94. The molecule has 34 heavy (non-hydrogen) atoms. The summed E-state index contributed by atoms with van der Waals surface area (Å²) in [6.07, 6.45) is 11.5. The molecule has 4 heterocycles. The van der Waals surface area contributed by atoms with E-state index in [1.165, 1.54) is 32.1 Å². The summed E-state index contributed by atoms with van der Waals surface area (Å²) in [5, 5.41) is 3.64. The van der Waals surface area contributed by atoms with Crippen LogP contribution in [0.25, 0.3) is 0 Å². The average Bonchev–Trinajstić information content (AvgIpc) is 3.19. The van der Waals surface area contributed by atoms with E-state index in [0.717, 1.165) is 75.9 Å². The van der Waals surface area contributed by atoms with Crippen molar-refractivity contribution in [2.75, 3.05) is 49.5 Å². The van der Waals surface area contributed by atoms with Crippen molar-refractivity contribution < 1.29 is 4.79 Å². The number of piperidine rings is 2. The number of amides is 1. The van der Waals surface area contributed by atoms with E-state index in [1.807, 2.05) is 47.5 Å². The van der Waals surface area contributed by atoms with Crippen LogP contribution in [0.2, 0.25) is 0 Å². The van der Waals surface area contributed by atoms with Crippen molar-refractivity contribution in [2.24, 2.45) is 0 Å². The molecule has 0 bridgehead atoms. The highest BCUT2D eigenvalue weighted by atomic mass is 16.2. The van der Waals surface area contributed by atoms with Crippen molar-refractivity contribution in [1.82, 2.24) is 19.8 Å². The molecular weight excluding hydrogens is 424 g/mol. The van der Waals surface area contributed by atoms with Gasteiger partial charge in [-0.15, -0.1) is 0 Å². The van der Waals surface area contributed by atoms with Gasteiger partial charge in [0.2, 0.25) is 5.95 Å². The van der Waals surface area contributed by atoms with Crippen LogP contribution in [0.15, 0.2) is 42.6 Å². The molecule has 1 aromatic carbocycles. The molecule has 0 saturated carbocycles. The zero-order valence-electron chi connectivity index (χ0n) is 20.2. The van der Waals surface area contributed by atoms with Gasteiger partial charge < -0.3 is 15.1 Å². The maximum absolute atomic E-state index is 12.8. The van der Waals surface area contributed by atoms with Gasteiger partial charge in [-0.05, 0) is 63.3 Å². The number of carbonyl (C=O) groups excluding carboxylic acids is 1. The lowest BCUT2D eigenvalue weighted by Crippen LogP contribution is -2.51. The molecule has 3 fully saturated rings. The summed E-state index contributed by atoms with van der Waals surface area (Å²) in [5.41, 5.74) is 0.797. The van der Waals surface area contributed by atoms with E-state index in [4.69, 9.17) is 4.98 Å². The smallest absolute Gasteiger partial charge is 0.253 e. The number of anilines is 2. The van der Waals surface area contributed by atoms with Crippen LogP contribution in [0.4, 0.5) is 11.8 Å². The number of aromatic nitrogens is 2. The van der Waals surface area contributed by atoms with Gasteiger partial charge in [0, 0.05) is 56.6 Å². The molecule has 3 aliphatic rings. The minimum absolute atomic E-state index is 0.165. The molecule has 1 N–H and O–H groups in total. The number of rotatable bonds is 5.